The lowest BCUT2D eigenvalue weighted by Crippen LogP contribution is -2.32. The summed E-state index contributed by atoms with van der Waals surface area (Å²) in [6.45, 7) is 8.81. The van der Waals surface area contributed by atoms with Gasteiger partial charge in [-0.15, -0.1) is 0 Å². The number of hydrogen-bond donors (Lipinski definition) is 2. The monoisotopic (exact) mass is 421 g/mol. The number of nitrogens with zero attached hydrogens (tertiary/aromatic N) is 1. The minimum Gasteiger partial charge on any atom is -0.345 e. The molecule has 1 aliphatic rings. The van der Waals surface area contributed by atoms with Gasteiger partial charge >= 0.3 is 6.03 Å². The van der Waals surface area contributed by atoms with Crippen molar-refractivity contribution in [3.05, 3.63) is 70.8 Å². The zero-order chi connectivity index (χ0) is 22.5. The molecule has 0 radical (unpaired) electrons. The molecule has 0 aliphatic carbocycles. The molecule has 1 heterocycles. The molecule has 0 saturated carbocycles. The fourth-order valence-corrected chi connectivity index (χ4v) is 3.69. The Labute approximate surface area is 184 Å². The smallest absolute Gasteiger partial charge is 0.324 e. The summed E-state index contributed by atoms with van der Waals surface area (Å²) in [4.78, 5) is 37.5. The van der Waals surface area contributed by atoms with Gasteiger partial charge in [0.2, 0.25) is 5.91 Å². The van der Waals surface area contributed by atoms with E-state index >= 15 is 0 Å². The van der Waals surface area contributed by atoms with Gasteiger partial charge in [-0.2, -0.15) is 0 Å². The molecular weight excluding hydrogens is 390 g/mol. The Kier molecular flexibility index (Phi) is 7.10. The SMILES string of the molecule is CCC(C)c1ccc(C(NC(=O)c2ccc(CN3C(=O)CNC3=O)cc2)C(C)C)cc1. The van der Waals surface area contributed by atoms with Gasteiger partial charge in [-0.05, 0) is 47.1 Å². The van der Waals surface area contributed by atoms with Crippen molar-refractivity contribution >= 4 is 17.8 Å². The van der Waals surface area contributed by atoms with Gasteiger partial charge in [-0.25, -0.2) is 4.79 Å². The van der Waals surface area contributed by atoms with E-state index in [0.29, 0.717) is 11.5 Å². The molecule has 1 fully saturated rings. The van der Waals surface area contributed by atoms with E-state index in [4.69, 9.17) is 0 Å². The van der Waals surface area contributed by atoms with E-state index in [0.717, 1.165) is 17.5 Å². The van der Waals surface area contributed by atoms with Crippen molar-refractivity contribution in [2.24, 2.45) is 5.92 Å². The second-order valence-corrected chi connectivity index (χ2v) is 8.51. The van der Waals surface area contributed by atoms with Gasteiger partial charge < -0.3 is 10.6 Å². The fourth-order valence-electron chi connectivity index (χ4n) is 3.69. The molecule has 6 heteroatoms. The number of carbonyl (C=O) groups excluding carboxylic acids is 3. The molecule has 31 heavy (non-hydrogen) atoms. The predicted octanol–water partition coefficient (Wildman–Crippen LogP) is 4.38. The minimum absolute atomic E-state index is 0.0360. The average Bonchev–Trinajstić information content (AvgIpc) is 3.09. The molecule has 2 aromatic rings. The molecule has 0 aromatic heterocycles. The first-order chi connectivity index (χ1) is 14.8. The maximum atomic E-state index is 12.9. The first-order valence-corrected chi connectivity index (χ1v) is 10.9. The number of rotatable bonds is 8. The van der Waals surface area contributed by atoms with Gasteiger partial charge in [0.05, 0.1) is 19.1 Å². The standard InChI is InChI=1S/C25H31N3O3/c1-5-17(4)19-10-12-20(13-11-19)23(16(2)3)27-24(30)21-8-6-18(7-9-21)15-28-22(29)14-26-25(28)31/h6-13,16-17,23H,5,14-15H2,1-4H3,(H,26,31)(H,27,30). The van der Waals surface area contributed by atoms with E-state index in [-0.39, 0.29) is 42.9 Å². The Morgan fingerprint density at radius 2 is 1.61 bits per heavy atom. The summed E-state index contributed by atoms with van der Waals surface area (Å²) in [5, 5.41) is 5.65. The first kappa shape index (κ1) is 22.5. The van der Waals surface area contributed by atoms with E-state index in [9.17, 15) is 14.4 Å². The molecular formula is C25H31N3O3. The highest BCUT2D eigenvalue weighted by molar-refractivity contribution is 6.01. The molecule has 164 valence electrons. The first-order valence-electron chi connectivity index (χ1n) is 10.9. The van der Waals surface area contributed by atoms with Gasteiger partial charge in [0, 0.05) is 5.56 Å². The van der Waals surface area contributed by atoms with Crippen LogP contribution in [0.4, 0.5) is 4.79 Å². The van der Waals surface area contributed by atoms with Crippen LogP contribution < -0.4 is 10.6 Å². The van der Waals surface area contributed by atoms with Crippen LogP contribution >= 0.6 is 0 Å². The molecule has 1 saturated heterocycles. The van der Waals surface area contributed by atoms with E-state index in [1.165, 1.54) is 10.5 Å². The van der Waals surface area contributed by atoms with Gasteiger partial charge in [-0.1, -0.05) is 64.1 Å². The van der Waals surface area contributed by atoms with Crippen LogP contribution in [0, 0.1) is 5.92 Å². The number of hydrogen-bond acceptors (Lipinski definition) is 3. The van der Waals surface area contributed by atoms with E-state index in [2.05, 4.69) is 62.6 Å². The maximum absolute atomic E-state index is 12.9. The second-order valence-electron chi connectivity index (χ2n) is 8.51. The van der Waals surface area contributed by atoms with Crippen LogP contribution in [0.2, 0.25) is 0 Å². The molecule has 0 spiro atoms. The van der Waals surface area contributed by atoms with E-state index in [1.54, 1.807) is 24.3 Å². The Bertz CT molecular complexity index is 919. The molecule has 2 N–H and O–H groups in total. The lowest BCUT2D eigenvalue weighted by Gasteiger charge is -2.24. The third kappa shape index (κ3) is 5.32. The largest absolute Gasteiger partial charge is 0.345 e. The average molecular weight is 422 g/mol. The molecule has 4 amide bonds. The van der Waals surface area contributed by atoms with E-state index < -0.39 is 0 Å². The highest BCUT2D eigenvalue weighted by atomic mass is 16.2. The van der Waals surface area contributed by atoms with E-state index in [1.807, 2.05) is 0 Å². The summed E-state index contributed by atoms with van der Waals surface area (Å²) in [6, 6.07) is 15.0. The molecule has 0 bridgehead atoms. The van der Waals surface area contributed by atoms with Crippen molar-refractivity contribution in [3.8, 4) is 0 Å². The highest BCUT2D eigenvalue weighted by Crippen LogP contribution is 2.25. The molecule has 1 aliphatic heterocycles. The Morgan fingerprint density at radius 1 is 1.00 bits per heavy atom. The summed E-state index contributed by atoms with van der Waals surface area (Å²) in [5.74, 6) is 0.358. The predicted molar refractivity (Wildman–Crippen MR) is 121 cm³/mol. The quantitative estimate of drug-likeness (QED) is 0.621. The number of urea groups is 1. The number of benzene rings is 2. The van der Waals surface area contributed by atoms with Crippen molar-refractivity contribution in [3.63, 3.8) is 0 Å². The summed E-state index contributed by atoms with van der Waals surface area (Å²) in [5.41, 5.74) is 3.73. The molecule has 2 aromatic carbocycles. The maximum Gasteiger partial charge on any atom is 0.324 e. The number of imide groups is 1. The van der Waals surface area contributed by atoms with Crippen molar-refractivity contribution in [1.82, 2.24) is 15.5 Å². The van der Waals surface area contributed by atoms with Gasteiger partial charge in [0.15, 0.2) is 0 Å². The second kappa shape index (κ2) is 9.77. The number of amides is 4. The summed E-state index contributed by atoms with van der Waals surface area (Å²) in [7, 11) is 0. The highest BCUT2D eigenvalue weighted by Gasteiger charge is 2.28. The zero-order valence-corrected chi connectivity index (χ0v) is 18.6. The fraction of sp³-hybridized carbons (Fsp3) is 0.400. The Hall–Kier alpha value is -3.15. The number of carbonyl (C=O) groups is 3. The lowest BCUT2D eigenvalue weighted by atomic mass is 9.92. The van der Waals surface area contributed by atoms with Crippen molar-refractivity contribution < 1.29 is 14.4 Å². The Morgan fingerprint density at radius 3 is 2.13 bits per heavy atom. The third-order valence-corrected chi connectivity index (χ3v) is 5.92. The molecule has 6 nitrogen and oxygen atoms in total. The van der Waals surface area contributed by atoms with Crippen LogP contribution in [0.25, 0.3) is 0 Å². The van der Waals surface area contributed by atoms with Gasteiger partial charge in [-0.3, -0.25) is 14.5 Å². The summed E-state index contributed by atoms with van der Waals surface area (Å²) < 4.78 is 0. The Balaban J connectivity index is 1.68. The number of nitrogens with one attached hydrogen (secondary N) is 2. The third-order valence-electron chi connectivity index (χ3n) is 5.92. The van der Waals surface area contributed by atoms with Crippen LogP contribution in [0.15, 0.2) is 48.5 Å². The van der Waals surface area contributed by atoms with Crippen molar-refractivity contribution in [2.45, 2.75) is 52.6 Å². The molecule has 2 unspecified atom stereocenters. The lowest BCUT2D eigenvalue weighted by molar-refractivity contribution is -0.125. The summed E-state index contributed by atoms with van der Waals surface area (Å²) in [6.07, 6.45) is 1.09. The van der Waals surface area contributed by atoms with Crippen LogP contribution in [0.5, 0.6) is 0 Å². The van der Waals surface area contributed by atoms with Crippen molar-refractivity contribution in [1.29, 1.82) is 0 Å². The summed E-state index contributed by atoms with van der Waals surface area (Å²) >= 11 is 0. The van der Waals surface area contributed by atoms with Crippen LogP contribution in [0.3, 0.4) is 0 Å². The van der Waals surface area contributed by atoms with Crippen LogP contribution in [-0.2, 0) is 11.3 Å². The van der Waals surface area contributed by atoms with Crippen LogP contribution in [0.1, 0.15) is 73.1 Å². The minimum atomic E-state index is -0.383. The topological polar surface area (TPSA) is 78.5 Å². The molecule has 2 atom stereocenters. The van der Waals surface area contributed by atoms with Crippen LogP contribution in [-0.4, -0.2) is 29.3 Å². The zero-order valence-electron chi connectivity index (χ0n) is 18.6. The van der Waals surface area contributed by atoms with Gasteiger partial charge in [0.25, 0.3) is 5.91 Å². The van der Waals surface area contributed by atoms with Crippen molar-refractivity contribution in [2.75, 3.05) is 6.54 Å². The normalized spacial score (nSPS) is 15.7. The molecule has 3 rings (SSSR count). The van der Waals surface area contributed by atoms with Gasteiger partial charge in [0.1, 0.15) is 0 Å².